The van der Waals surface area contributed by atoms with Crippen LogP contribution in [0.5, 0.6) is 5.95 Å². The zero-order valence-electron chi connectivity index (χ0n) is 8.01. The maximum absolute atomic E-state index is 11.2. The Labute approximate surface area is 85.7 Å². The van der Waals surface area contributed by atoms with Crippen molar-refractivity contribution in [3.05, 3.63) is 11.8 Å². The van der Waals surface area contributed by atoms with Gasteiger partial charge in [-0.05, 0) is 0 Å². The van der Waals surface area contributed by atoms with Crippen LogP contribution in [0, 0.1) is 0 Å². The van der Waals surface area contributed by atoms with E-state index in [1.807, 2.05) is 0 Å². The molecule has 0 unspecified atom stereocenters. The predicted octanol–water partition coefficient (Wildman–Crippen LogP) is 0.421. The second-order valence-electron chi connectivity index (χ2n) is 2.78. The van der Waals surface area contributed by atoms with Crippen molar-refractivity contribution in [2.75, 3.05) is 6.26 Å². The standard InChI is InChI=1S/C8H8O6S/c1-5(10)13-8-3-7(15(2,11)12)6(4-9)14-8/h3-4H,1-2H3. The van der Waals surface area contributed by atoms with Crippen molar-refractivity contribution in [1.29, 1.82) is 0 Å². The molecule has 0 spiro atoms. The van der Waals surface area contributed by atoms with E-state index in [0.717, 1.165) is 19.2 Å². The minimum atomic E-state index is -3.58. The van der Waals surface area contributed by atoms with E-state index in [0.29, 0.717) is 0 Å². The van der Waals surface area contributed by atoms with Crippen LogP contribution >= 0.6 is 0 Å². The van der Waals surface area contributed by atoms with Gasteiger partial charge in [0.25, 0.3) is 5.95 Å². The van der Waals surface area contributed by atoms with E-state index < -0.39 is 15.8 Å². The Kier molecular flexibility index (Phi) is 2.94. The Hall–Kier alpha value is -1.63. The Morgan fingerprint density at radius 1 is 1.53 bits per heavy atom. The summed E-state index contributed by atoms with van der Waals surface area (Å²) in [7, 11) is -3.58. The van der Waals surface area contributed by atoms with Crippen molar-refractivity contribution >= 4 is 22.1 Å². The number of hydrogen-bond acceptors (Lipinski definition) is 6. The van der Waals surface area contributed by atoms with Crippen molar-refractivity contribution in [3.8, 4) is 5.95 Å². The number of carbonyl (C=O) groups is 2. The highest BCUT2D eigenvalue weighted by atomic mass is 32.2. The number of aldehydes is 1. The van der Waals surface area contributed by atoms with E-state index in [1.165, 1.54) is 0 Å². The lowest BCUT2D eigenvalue weighted by Gasteiger charge is -1.91. The molecule has 0 bridgehead atoms. The van der Waals surface area contributed by atoms with Crippen LogP contribution in [0.3, 0.4) is 0 Å². The summed E-state index contributed by atoms with van der Waals surface area (Å²) in [5.74, 6) is -1.36. The highest BCUT2D eigenvalue weighted by molar-refractivity contribution is 7.90. The third-order valence-corrected chi connectivity index (χ3v) is 2.57. The quantitative estimate of drug-likeness (QED) is 0.554. The Balaban J connectivity index is 3.23. The van der Waals surface area contributed by atoms with Gasteiger partial charge in [-0.3, -0.25) is 9.59 Å². The highest BCUT2D eigenvalue weighted by Crippen LogP contribution is 2.24. The molecule has 0 aliphatic heterocycles. The second kappa shape index (κ2) is 3.85. The van der Waals surface area contributed by atoms with Crippen LogP contribution in [0.1, 0.15) is 17.5 Å². The van der Waals surface area contributed by atoms with Crippen LogP contribution < -0.4 is 4.74 Å². The molecule has 7 heteroatoms. The van der Waals surface area contributed by atoms with Crippen LogP contribution in [0.2, 0.25) is 0 Å². The number of rotatable bonds is 3. The summed E-state index contributed by atoms with van der Waals surface area (Å²) in [6, 6.07) is 0.987. The first-order valence-electron chi connectivity index (χ1n) is 3.82. The zero-order chi connectivity index (χ0) is 11.6. The molecule has 1 heterocycles. The Morgan fingerprint density at radius 2 is 2.13 bits per heavy atom. The smallest absolute Gasteiger partial charge is 0.310 e. The lowest BCUT2D eigenvalue weighted by Crippen LogP contribution is -2.00. The van der Waals surface area contributed by atoms with Crippen molar-refractivity contribution in [3.63, 3.8) is 0 Å². The van der Waals surface area contributed by atoms with Crippen molar-refractivity contribution in [2.24, 2.45) is 0 Å². The molecule has 1 rings (SSSR count). The third-order valence-electron chi connectivity index (χ3n) is 1.45. The van der Waals surface area contributed by atoms with Gasteiger partial charge in [0.15, 0.2) is 21.9 Å². The summed E-state index contributed by atoms with van der Waals surface area (Å²) < 4.78 is 31.5. The fraction of sp³-hybridized carbons (Fsp3) is 0.250. The number of carbonyl (C=O) groups excluding carboxylic acids is 2. The van der Waals surface area contributed by atoms with E-state index in [4.69, 9.17) is 4.42 Å². The molecule has 1 aromatic heterocycles. The molecule has 0 aliphatic carbocycles. The van der Waals surface area contributed by atoms with Gasteiger partial charge in [-0.15, -0.1) is 0 Å². The molecule has 0 N–H and O–H groups in total. The molecule has 1 aromatic rings. The zero-order valence-corrected chi connectivity index (χ0v) is 8.83. The van der Waals surface area contributed by atoms with E-state index in [-0.39, 0.29) is 22.9 Å². The first-order valence-corrected chi connectivity index (χ1v) is 5.71. The van der Waals surface area contributed by atoms with E-state index in [9.17, 15) is 18.0 Å². The van der Waals surface area contributed by atoms with Gasteiger partial charge in [0, 0.05) is 19.2 Å². The lowest BCUT2D eigenvalue weighted by atomic mass is 10.5. The average molecular weight is 232 g/mol. The molecule has 15 heavy (non-hydrogen) atoms. The van der Waals surface area contributed by atoms with E-state index in [1.54, 1.807) is 0 Å². The molecule has 0 saturated carbocycles. The van der Waals surface area contributed by atoms with Crippen molar-refractivity contribution < 1.29 is 27.2 Å². The highest BCUT2D eigenvalue weighted by Gasteiger charge is 2.20. The number of furan rings is 1. The minimum absolute atomic E-state index is 0.239. The van der Waals surface area contributed by atoms with Crippen molar-refractivity contribution in [2.45, 2.75) is 11.8 Å². The number of esters is 1. The Morgan fingerprint density at radius 3 is 2.47 bits per heavy atom. The fourth-order valence-corrected chi connectivity index (χ4v) is 1.70. The third kappa shape index (κ3) is 2.66. The topological polar surface area (TPSA) is 90.7 Å². The average Bonchev–Trinajstić information content (AvgIpc) is 2.45. The number of sulfone groups is 1. The van der Waals surface area contributed by atoms with E-state index in [2.05, 4.69) is 4.74 Å². The molecule has 82 valence electrons. The van der Waals surface area contributed by atoms with Crippen LogP contribution in [0.4, 0.5) is 0 Å². The largest absolute Gasteiger partial charge is 0.421 e. The molecule has 6 nitrogen and oxygen atoms in total. The Bertz CT molecular complexity index is 495. The summed E-state index contributed by atoms with van der Waals surface area (Å²) in [4.78, 5) is 20.7. The van der Waals surface area contributed by atoms with Gasteiger partial charge in [0.05, 0.1) is 0 Å². The number of hydrogen-bond donors (Lipinski definition) is 0. The van der Waals surface area contributed by atoms with Gasteiger partial charge in [-0.1, -0.05) is 0 Å². The van der Waals surface area contributed by atoms with Crippen LogP contribution in [-0.2, 0) is 14.6 Å². The van der Waals surface area contributed by atoms with Gasteiger partial charge < -0.3 is 9.15 Å². The molecule has 0 fully saturated rings. The van der Waals surface area contributed by atoms with Gasteiger partial charge in [0.2, 0.25) is 0 Å². The van der Waals surface area contributed by atoms with E-state index >= 15 is 0 Å². The maximum atomic E-state index is 11.2. The summed E-state index contributed by atoms with van der Waals surface area (Å²) >= 11 is 0. The van der Waals surface area contributed by atoms with Gasteiger partial charge in [0.1, 0.15) is 4.90 Å². The van der Waals surface area contributed by atoms with Crippen LogP contribution in [-0.4, -0.2) is 26.9 Å². The summed E-state index contributed by atoms with van der Waals surface area (Å²) in [5.41, 5.74) is 0. The molecule has 0 aromatic carbocycles. The number of ether oxygens (including phenoxy) is 1. The minimum Gasteiger partial charge on any atom is -0.421 e. The van der Waals surface area contributed by atoms with Crippen molar-refractivity contribution in [1.82, 2.24) is 0 Å². The first-order chi connectivity index (χ1) is 6.84. The second-order valence-corrected chi connectivity index (χ2v) is 4.76. The summed E-state index contributed by atoms with van der Waals surface area (Å²) in [6.45, 7) is 1.13. The maximum Gasteiger partial charge on any atom is 0.310 e. The molecule has 0 amide bonds. The predicted molar refractivity (Wildman–Crippen MR) is 48.5 cm³/mol. The fourth-order valence-electron chi connectivity index (χ4n) is 0.930. The molecule has 0 radical (unpaired) electrons. The van der Waals surface area contributed by atoms with Gasteiger partial charge >= 0.3 is 5.97 Å². The summed E-state index contributed by atoms with van der Waals surface area (Å²) in [6.07, 6.45) is 1.16. The molecular formula is C8H8O6S. The summed E-state index contributed by atoms with van der Waals surface area (Å²) in [5, 5.41) is 0. The normalized spacial score (nSPS) is 11.1. The molecule has 0 saturated heterocycles. The molecule has 0 atom stereocenters. The van der Waals surface area contributed by atoms with Gasteiger partial charge in [-0.25, -0.2) is 8.42 Å². The first kappa shape index (κ1) is 11.4. The van der Waals surface area contributed by atoms with Crippen LogP contribution in [0.25, 0.3) is 0 Å². The monoisotopic (exact) mass is 232 g/mol. The lowest BCUT2D eigenvalue weighted by molar-refractivity contribution is -0.133. The van der Waals surface area contributed by atoms with Crippen LogP contribution in [0.15, 0.2) is 15.4 Å². The van der Waals surface area contributed by atoms with Gasteiger partial charge in [-0.2, -0.15) is 0 Å². The SMILES string of the molecule is CC(=O)Oc1cc(S(C)(=O)=O)c(C=O)o1. The molecular weight excluding hydrogens is 224 g/mol. The molecule has 0 aliphatic rings.